The average Bonchev–Trinajstić information content (AvgIpc) is 3.12. The molecule has 3 rings (SSSR count). The zero-order valence-corrected chi connectivity index (χ0v) is 16.2. The lowest BCUT2D eigenvalue weighted by atomic mass is 10.1. The van der Waals surface area contributed by atoms with Crippen LogP contribution in [0.5, 0.6) is 5.75 Å². The lowest BCUT2D eigenvalue weighted by Crippen LogP contribution is -2.22. The number of rotatable bonds is 7. The second-order valence-electron chi connectivity index (χ2n) is 5.89. The van der Waals surface area contributed by atoms with E-state index in [0.717, 1.165) is 16.9 Å². The second kappa shape index (κ2) is 8.73. The molecule has 1 amide bonds. The van der Waals surface area contributed by atoms with Crippen LogP contribution in [-0.2, 0) is 4.79 Å². The van der Waals surface area contributed by atoms with Gasteiger partial charge in [-0.15, -0.1) is 10.2 Å². The van der Waals surface area contributed by atoms with Gasteiger partial charge in [0.2, 0.25) is 11.8 Å². The summed E-state index contributed by atoms with van der Waals surface area (Å²) in [6, 6.07) is 15.1. The molecule has 3 aromatic rings. The molecule has 1 atom stereocenters. The Bertz CT molecular complexity index is 909. The van der Waals surface area contributed by atoms with Gasteiger partial charge in [-0.05, 0) is 56.7 Å². The van der Waals surface area contributed by atoms with Crippen LogP contribution < -0.4 is 10.1 Å². The Morgan fingerprint density at radius 3 is 2.63 bits per heavy atom. The lowest BCUT2D eigenvalue weighted by molar-refractivity contribution is -0.115. The number of anilines is 1. The van der Waals surface area contributed by atoms with Crippen LogP contribution in [0.3, 0.4) is 0 Å². The number of nitrogens with one attached hydrogen (secondary N) is 1. The molecule has 0 fully saturated rings. The van der Waals surface area contributed by atoms with Gasteiger partial charge in [0.1, 0.15) is 5.75 Å². The molecule has 0 aliphatic rings. The largest absolute Gasteiger partial charge is 0.494 e. The maximum Gasteiger partial charge on any atom is 0.277 e. The van der Waals surface area contributed by atoms with Gasteiger partial charge in [0, 0.05) is 11.3 Å². The Morgan fingerprint density at radius 1 is 1.19 bits per heavy atom. The highest BCUT2D eigenvalue weighted by Gasteiger charge is 2.19. The summed E-state index contributed by atoms with van der Waals surface area (Å²) >= 11 is 1.23. The molecular weight excluding hydrogens is 362 g/mol. The predicted octanol–water partition coefficient (Wildman–Crippen LogP) is 4.56. The zero-order valence-electron chi connectivity index (χ0n) is 15.4. The Kier molecular flexibility index (Phi) is 6.13. The molecule has 27 heavy (non-hydrogen) atoms. The molecule has 0 saturated carbocycles. The van der Waals surface area contributed by atoms with Gasteiger partial charge in [-0.3, -0.25) is 4.79 Å². The number of hydrogen-bond acceptors (Lipinski definition) is 6. The van der Waals surface area contributed by atoms with E-state index < -0.39 is 0 Å². The van der Waals surface area contributed by atoms with Crippen LogP contribution in [0.25, 0.3) is 11.5 Å². The van der Waals surface area contributed by atoms with Gasteiger partial charge in [-0.2, -0.15) is 0 Å². The molecule has 1 aromatic heterocycles. The Labute approximate surface area is 162 Å². The Balaban J connectivity index is 1.61. The minimum absolute atomic E-state index is 0.139. The van der Waals surface area contributed by atoms with Gasteiger partial charge in [0.15, 0.2) is 0 Å². The van der Waals surface area contributed by atoms with Crippen LogP contribution >= 0.6 is 11.8 Å². The van der Waals surface area contributed by atoms with E-state index in [-0.39, 0.29) is 11.2 Å². The van der Waals surface area contributed by atoms with E-state index in [1.54, 1.807) is 6.92 Å². The fourth-order valence-electron chi connectivity index (χ4n) is 2.43. The molecular formula is C20H21N3O3S. The first kappa shape index (κ1) is 19.0. The normalized spacial score (nSPS) is 11.8. The summed E-state index contributed by atoms with van der Waals surface area (Å²) in [5, 5.41) is 11.0. The molecule has 0 radical (unpaired) electrons. The molecule has 1 unspecified atom stereocenters. The molecule has 0 bridgehead atoms. The second-order valence-corrected chi connectivity index (χ2v) is 7.19. The summed E-state index contributed by atoms with van der Waals surface area (Å²) < 4.78 is 11.1. The van der Waals surface area contributed by atoms with Gasteiger partial charge < -0.3 is 14.5 Å². The molecule has 0 saturated heterocycles. The van der Waals surface area contributed by atoms with Crippen LogP contribution in [-0.4, -0.2) is 28.0 Å². The summed E-state index contributed by atoms with van der Waals surface area (Å²) in [7, 11) is 0. The summed E-state index contributed by atoms with van der Waals surface area (Å²) in [6.07, 6.45) is 0. The highest BCUT2D eigenvalue weighted by atomic mass is 32.2. The van der Waals surface area contributed by atoms with Crippen molar-refractivity contribution >= 4 is 23.4 Å². The number of hydrogen-bond donors (Lipinski definition) is 1. The van der Waals surface area contributed by atoms with Gasteiger partial charge >= 0.3 is 0 Å². The minimum Gasteiger partial charge on any atom is -0.494 e. The van der Waals surface area contributed by atoms with Crippen molar-refractivity contribution in [3.63, 3.8) is 0 Å². The number of benzene rings is 2. The maximum absolute atomic E-state index is 12.4. The molecule has 140 valence electrons. The summed E-state index contributed by atoms with van der Waals surface area (Å²) in [6.45, 7) is 6.32. The van der Waals surface area contributed by atoms with Crippen LogP contribution in [0, 0.1) is 6.92 Å². The van der Waals surface area contributed by atoms with E-state index in [0.29, 0.717) is 23.4 Å². The van der Waals surface area contributed by atoms with Crippen molar-refractivity contribution in [3.05, 3.63) is 54.1 Å². The van der Waals surface area contributed by atoms with E-state index >= 15 is 0 Å². The van der Waals surface area contributed by atoms with Crippen molar-refractivity contribution in [1.82, 2.24) is 10.2 Å². The van der Waals surface area contributed by atoms with Crippen molar-refractivity contribution in [1.29, 1.82) is 0 Å². The molecule has 7 heteroatoms. The highest BCUT2D eigenvalue weighted by Crippen LogP contribution is 2.28. The third-order valence-electron chi connectivity index (χ3n) is 3.86. The molecule has 1 N–H and O–H groups in total. The smallest absolute Gasteiger partial charge is 0.277 e. The number of thioether (sulfide) groups is 1. The standard InChI is InChI=1S/C20H21N3O3S/c1-4-25-16-11-9-15(10-12-16)21-18(24)14(3)27-20-23-22-19(26-20)17-8-6-5-7-13(17)2/h5-12,14H,4H2,1-3H3,(H,21,24). The van der Waals surface area contributed by atoms with Crippen LogP contribution in [0.4, 0.5) is 5.69 Å². The highest BCUT2D eigenvalue weighted by molar-refractivity contribution is 8.00. The van der Waals surface area contributed by atoms with Crippen LogP contribution in [0.1, 0.15) is 19.4 Å². The summed E-state index contributed by atoms with van der Waals surface area (Å²) in [5.41, 5.74) is 2.66. The number of nitrogens with zero attached hydrogens (tertiary/aromatic N) is 2. The molecule has 2 aromatic carbocycles. The Morgan fingerprint density at radius 2 is 1.93 bits per heavy atom. The molecule has 0 aliphatic carbocycles. The third kappa shape index (κ3) is 4.89. The van der Waals surface area contributed by atoms with E-state index in [4.69, 9.17) is 9.15 Å². The van der Waals surface area contributed by atoms with Gasteiger partial charge in [-0.25, -0.2) is 0 Å². The van der Waals surface area contributed by atoms with E-state index in [9.17, 15) is 4.79 Å². The molecule has 1 heterocycles. The van der Waals surface area contributed by atoms with Gasteiger partial charge in [0.25, 0.3) is 5.22 Å². The fraction of sp³-hybridized carbons (Fsp3) is 0.250. The summed E-state index contributed by atoms with van der Waals surface area (Å²) in [5.74, 6) is 1.09. The average molecular weight is 383 g/mol. The summed E-state index contributed by atoms with van der Waals surface area (Å²) in [4.78, 5) is 12.4. The maximum atomic E-state index is 12.4. The van der Waals surface area contributed by atoms with Crippen molar-refractivity contribution < 1.29 is 13.9 Å². The number of amides is 1. The minimum atomic E-state index is -0.387. The molecule has 0 spiro atoms. The van der Waals surface area contributed by atoms with Crippen molar-refractivity contribution in [2.24, 2.45) is 0 Å². The van der Waals surface area contributed by atoms with E-state index in [1.165, 1.54) is 11.8 Å². The van der Waals surface area contributed by atoms with Crippen molar-refractivity contribution in [3.8, 4) is 17.2 Å². The van der Waals surface area contributed by atoms with E-state index in [1.807, 2.05) is 62.4 Å². The number of aryl methyl sites for hydroxylation is 1. The number of aromatic nitrogens is 2. The molecule has 6 nitrogen and oxygen atoms in total. The zero-order chi connectivity index (χ0) is 19.2. The number of carbonyl (C=O) groups excluding carboxylic acids is 1. The first-order valence-corrected chi connectivity index (χ1v) is 9.54. The van der Waals surface area contributed by atoms with Gasteiger partial charge in [0.05, 0.1) is 11.9 Å². The monoisotopic (exact) mass is 383 g/mol. The third-order valence-corrected chi connectivity index (χ3v) is 4.80. The first-order chi connectivity index (χ1) is 13.1. The topological polar surface area (TPSA) is 77.2 Å². The van der Waals surface area contributed by atoms with Crippen molar-refractivity contribution in [2.45, 2.75) is 31.2 Å². The fourth-order valence-corrected chi connectivity index (χ4v) is 3.11. The number of ether oxygens (including phenoxy) is 1. The Hall–Kier alpha value is -2.80. The van der Waals surface area contributed by atoms with E-state index in [2.05, 4.69) is 15.5 Å². The van der Waals surface area contributed by atoms with Crippen LogP contribution in [0.2, 0.25) is 0 Å². The quantitative estimate of drug-likeness (QED) is 0.603. The van der Waals surface area contributed by atoms with Gasteiger partial charge in [-0.1, -0.05) is 30.0 Å². The lowest BCUT2D eigenvalue weighted by Gasteiger charge is -2.10. The SMILES string of the molecule is CCOc1ccc(NC(=O)C(C)Sc2nnc(-c3ccccc3C)o2)cc1. The predicted molar refractivity (Wildman–Crippen MR) is 106 cm³/mol. The molecule has 0 aliphatic heterocycles. The van der Waals surface area contributed by atoms with Crippen LogP contribution in [0.15, 0.2) is 58.2 Å². The van der Waals surface area contributed by atoms with Crippen molar-refractivity contribution in [2.75, 3.05) is 11.9 Å². The number of carbonyl (C=O) groups is 1. The first-order valence-electron chi connectivity index (χ1n) is 8.66.